The van der Waals surface area contributed by atoms with Gasteiger partial charge < -0.3 is 15.9 Å². The van der Waals surface area contributed by atoms with Gasteiger partial charge >= 0.3 is 35.3 Å². The summed E-state index contributed by atoms with van der Waals surface area (Å²) in [4.78, 5) is 9.58. The van der Waals surface area contributed by atoms with Gasteiger partial charge in [0.25, 0.3) is 5.97 Å². The second-order valence-corrected chi connectivity index (χ2v) is 4.40. The molecule has 0 aromatic carbocycles. The molecule has 7 heteroatoms. The Labute approximate surface area is 74.7 Å². The molecule has 0 saturated heterocycles. The second-order valence-electron chi connectivity index (χ2n) is 1.12. The van der Waals surface area contributed by atoms with Crippen LogP contribution in [0, 0.1) is 0 Å². The van der Waals surface area contributed by atoms with Crippen molar-refractivity contribution in [3.8, 4) is 0 Å². The number of hydrogen-bond acceptors (Lipinski definition) is 2. The van der Waals surface area contributed by atoms with E-state index in [4.69, 9.17) is 34.8 Å². The molecule has 0 saturated carbocycles. The summed E-state index contributed by atoms with van der Waals surface area (Å²) in [5.74, 6) is -1.29. The zero-order valence-electron chi connectivity index (χ0n) is 4.66. The van der Waals surface area contributed by atoms with Crippen LogP contribution in [0.5, 0.6) is 0 Å². The van der Waals surface area contributed by atoms with E-state index < -0.39 is 35.1 Å². The van der Waals surface area contributed by atoms with Crippen molar-refractivity contribution in [2.24, 2.45) is 0 Å². The van der Waals surface area contributed by atoms with E-state index in [1.807, 2.05) is 0 Å². The van der Waals surface area contributed by atoms with Crippen LogP contribution in [0.25, 0.3) is 5.73 Å². The topological polar surface area (TPSA) is 81.3 Å². The summed E-state index contributed by atoms with van der Waals surface area (Å²) in [6.07, 6.45) is 0. The zero-order valence-corrected chi connectivity index (χ0v) is 8.44. The molecule has 0 aliphatic carbocycles. The first kappa shape index (κ1) is 13.3. The molecule has 10 heavy (non-hydrogen) atoms. The van der Waals surface area contributed by atoms with Crippen LogP contribution >= 0.6 is 18.8 Å². The SMILES string of the molecule is [Cl][Pt][Cl].[NH-]C(CO)C(=O)O. The first-order chi connectivity index (χ1) is 4.59. The van der Waals surface area contributed by atoms with Crippen molar-refractivity contribution in [1.82, 2.24) is 0 Å². The maximum Gasteiger partial charge on any atom is 0.287 e. The monoisotopic (exact) mass is 369 g/mol. The van der Waals surface area contributed by atoms with Crippen LogP contribution in [0.3, 0.4) is 0 Å². The van der Waals surface area contributed by atoms with Crippen LogP contribution in [0.4, 0.5) is 0 Å². The van der Waals surface area contributed by atoms with Gasteiger partial charge in [-0.05, 0) is 6.04 Å². The minimum atomic E-state index is -1.38. The summed E-state index contributed by atoms with van der Waals surface area (Å²) >= 11 is -0.472. The molecular weight excluding hydrogens is 364 g/mol. The van der Waals surface area contributed by atoms with E-state index in [0.29, 0.717) is 0 Å². The molecular formula is C3H6Cl2NO3Pt-. The van der Waals surface area contributed by atoms with E-state index in [-0.39, 0.29) is 0 Å². The number of rotatable bonds is 2. The van der Waals surface area contributed by atoms with Crippen LogP contribution in [0.1, 0.15) is 0 Å². The quantitative estimate of drug-likeness (QED) is 0.757. The number of halogens is 2. The van der Waals surface area contributed by atoms with Gasteiger partial charge in [0.15, 0.2) is 0 Å². The summed E-state index contributed by atoms with van der Waals surface area (Å²) < 4.78 is 0. The average molecular weight is 370 g/mol. The third-order valence-corrected chi connectivity index (χ3v) is 0.481. The molecule has 1 atom stereocenters. The molecule has 0 aromatic heterocycles. The second kappa shape index (κ2) is 9.66. The zero-order chi connectivity index (χ0) is 8.57. The van der Waals surface area contributed by atoms with E-state index in [1.54, 1.807) is 0 Å². The van der Waals surface area contributed by atoms with Crippen LogP contribution in [0.15, 0.2) is 0 Å². The minimum absolute atomic E-state index is 0.472. The van der Waals surface area contributed by atoms with Crippen molar-refractivity contribution in [3.63, 3.8) is 0 Å². The summed E-state index contributed by atoms with van der Waals surface area (Å²) in [7, 11) is 9.75. The Kier molecular flexibility index (Phi) is 12.8. The fourth-order valence-corrected chi connectivity index (χ4v) is 0.0781. The number of carboxylic acids is 1. The molecule has 0 aliphatic heterocycles. The minimum Gasteiger partial charge on any atom is -0.663 e. The largest absolute Gasteiger partial charge is 0.663 e. The van der Waals surface area contributed by atoms with Crippen LogP contribution in [-0.4, -0.2) is 28.8 Å². The number of carbonyl (C=O) groups is 1. The Balaban J connectivity index is 0. The van der Waals surface area contributed by atoms with Crippen molar-refractivity contribution in [3.05, 3.63) is 5.73 Å². The maximum absolute atomic E-state index is 9.58. The number of hydrogen-bond donors (Lipinski definition) is 2. The molecule has 0 bridgehead atoms. The van der Waals surface area contributed by atoms with Crippen LogP contribution < -0.4 is 0 Å². The molecule has 4 nitrogen and oxygen atoms in total. The Bertz CT molecular complexity index is 93.8. The summed E-state index contributed by atoms with van der Waals surface area (Å²) in [6, 6.07) is -1.38. The fourth-order valence-electron chi connectivity index (χ4n) is 0.0781. The average Bonchev–Trinajstić information content (AvgIpc) is 1.88. The van der Waals surface area contributed by atoms with Gasteiger partial charge in [0.05, 0.1) is 0 Å². The summed E-state index contributed by atoms with van der Waals surface area (Å²) in [6.45, 7) is -0.616. The smallest absolute Gasteiger partial charge is 0.287 e. The standard InChI is InChI=1S/C3H6NO3.2ClH.Pt/c4-2(1-5)3(6)7;;;/h2,4-5H,1H2,(H,6,7);2*1H;/q-1;;;+2/p-2. The molecule has 0 fully saturated rings. The van der Waals surface area contributed by atoms with Gasteiger partial charge in [-0.2, -0.15) is 0 Å². The Morgan fingerprint density at radius 1 is 1.70 bits per heavy atom. The predicted molar refractivity (Wildman–Crippen MR) is 34.5 cm³/mol. The molecule has 0 radical (unpaired) electrons. The molecule has 0 aromatic rings. The van der Waals surface area contributed by atoms with Crippen molar-refractivity contribution in [2.45, 2.75) is 6.04 Å². The van der Waals surface area contributed by atoms with Gasteiger partial charge in [-0.1, -0.05) is 0 Å². The molecule has 66 valence electrons. The van der Waals surface area contributed by atoms with E-state index in [2.05, 4.69) is 0 Å². The number of aliphatic carboxylic acids is 1. The number of carboxylic acid groups (broad SMARTS) is 1. The fraction of sp³-hybridized carbons (Fsp3) is 0.667. The molecule has 0 aliphatic rings. The molecule has 3 N–H and O–H groups in total. The Hall–Kier alpha value is 0.658. The van der Waals surface area contributed by atoms with Gasteiger partial charge in [-0.3, -0.25) is 4.79 Å². The molecule has 0 spiro atoms. The first-order valence-corrected chi connectivity index (χ1v) is 7.60. The van der Waals surface area contributed by atoms with Gasteiger partial charge in [-0.15, -0.1) is 0 Å². The van der Waals surface area contributed by atoms with Crippen LogP contribution in [0.2, 0.25) is 0 Å². The number of aliphatic hydroxyl groups excluding tert-OH is 1. The molecule has 0 rings (SSSR count). The number of aliphatic hydroxyl groups is 1. The Morgan fingerprint density at radius 2 is 2.00 bits per heavy atom. The van der Waals surface area contributed by atoms with E-state index in [0.717, 1.165) is 0 Å². The third-order valence-electron chi connectivity index (χ3n) is 0.481. The predicted octanol–water partition coefficient (Wildman–Crippen LogP) is 0.861. The molecule has 0 amide bonds. The van der Waals surface area contributed by atoms with Gasteiger partial charge in [0.2, 0.25) is 0 Å². The molecule has 0 heterocycles. The third kappa shape index (κ3) is 11.5. The van der Waals surface area contributed by atoms with Crippen molar-refractivity contribution >= 4 is 24.8 Å². The van der Waals surface area contributed by atoms with Gasteiger partial charge in [0.1, 0.15) is 0 Å². The summed E-state index contributed by atoms with van der Waals surface area (Å²) in [5.41, 5.74) is 6.43. The van der Waals surface area contributed by atoms with Crippen molar-refractivity contribution in [2.75, 3.05) is 6.61 Å². The van der Waals surface area contributed by atoms with Gasteiger partial charge in [0, 0.05) is 6.61 Å². The first-order valence-electron chi connectivity index (χ1n) is 1.97. The number of nitrogens with one attached hydrogen (secondary N) is 1. The van der Waals surface area contributed by atoms with Crippen LogP contribution in [-0.2, 0) is 21.3 Å². The van der Waals surface area contributed by atoms with E-state index in [1.165, 1.54) is 0 Å². The van der Waals surface area contributed by atoms with Gasteiger partial charge in [-0.25, -0.2) is 0 Å². The maximum atomic E-state index is 9.58. The van der Waals surface area contributed by atoms with Crippen molar-refractivity contribution < 1.29 is 31.5 Å². The van der Waals surface area contributed by atoms with Crippen molar-refractivity contribution in [1.29, 1.82) is 0 Å². The normalized spacial score (nSPS) is 11.6. The van der Waals surface area contributed by atoms with E-state index in [9.17, 15) is 4.79 Å². The molecule has 1 unspecified atom stereocenters. The summed E-state index contributed by atoms with van der Waals surface area (Å²) in [5, 5.41) is 15.8. The Morgan fingerprint density at radius 3 is 2.00 bits per heavy atom. The van der Waals surface area contributed by atoms with E-state index >= 15 is 0 Å².